The minimum atomic E-state index is -5.86. The first-order valence-electron chi connectivity index (χ1n) is 6.28. The quantitative estimate of drug-likeness (QED) is 0.756. The Balaban J connectivity index is 2.79. The Morgan fingerprint density at radius 2 is 1.79 bits per heavy atom. The zero-order chi connectivity index (χ0) is 18.3. The standard InChI is InChI=1S/C14H8ClF6N3/c1-7-10(6-22)12(13(16,17)18,14(19,20)21)24-11(23-7)8-3-2-4-9(15)5-8/h2-5,10H,1H2,(H,23,24)/t10-/m1/s1. The summed E-state index contributed by atoms with van der Waals surface area (Å²) in [6.07, 6.45) is -11.7. The average molecular weight is 368 g/mol. The number of hydrogen-bond acceptors (Lipinski definition) is 3. The number of rotatable bonds is 1. The third kappa shape index (κ3) is 2.71. The van der Waals surface area contributed by atoms with Crippen LogP contribution in [0, 0.1) is 17.2 Å². The van der Waals surface area contributed by atoms with Gasteiger partial charge in [-0.25, -0.2) is 4.99 Å². The summed E-state index contributed by atoms with van der Waals surface area (Å²) >= 11 is 5.71. The number of amidine groups is 1. The maximum absolute atomic E-state index is 13.4. The van der Waals surface area contributed by atoms with E-state index in [1.807, 2.05) is 0 Å². The van der Waals surface area contributed by atoms with E-state index in [0.29, 0.717) is 0 Å². The molecule has 1 aromatic carbocycles. The molecule has 1 N–H and O–H groups in total. The number of benzene rings is 1. The molecule has 1 atom stereocenters. The Bertz CT molecular complexity index is 730. The normalized spacial score (nSPS) is 20.8. The van der Waals surface area contributed by atoms with Crippen molar-refractivity contribution in [2.24, 2.45) is 10.9 Å². The lowest BCUT2D eigenvalue weighted by atomic mass is 9.80. The van der Waals surface area contributed by atoms with Crippen molar-refractivity contribution in [2.75, 3.05) is 0 Å². The van der Waals surface area contributed by atoms with Crippen LogP contribution in [0.25, 0.3) is 0 Å². The van der Waals surface area contributed by atoms with Crippen molar-refractivity contribution < 1.29 is 26.3 Å². The summed E-state index contributed by atoms with van der Waals surface area (Å²) in [6, 6.07) is 6.11. The summed E-state index contributed by atoms with van der Waals surface area (Å²) in [5.74, 6) is -3.39. The van der Waals surface area contributed by atoms with Crippen molar-refractivity contribution in [1.29, 1.82) is 5.26 Å². The van der Waals surface area contributed by atoms with Crippen LogP contribution in [0.5, 0.6) is 0 Å². The second-order valence-corrected chi connectivity index (χ2v) is 5.38. The van der Waals surface area contributed by atoms with E-state index in [-0.39, 0.29) is 10.6 Å². The Morgan fingerprint density at radius 1 is 1.21 bits per heavy atom. The second-order valence-electron chi connectivity index (χ2n) is 4.95. The molecule has 2 rings (SSSR count). The van der Waals surface area contributed by atoms with Crippen LogP contribution < -0.4 is 5.32 Å². The van der Waals surface area contributed by atoms with Crippen LogP contribution in [0.1, 0.15) is 5.56 Å². The molecule has 0 saturated carbocycles. The highest BCUT2D eigenvalue weighted by Gasteiger charge is 2.77. The van der Waals surface area contributed by atoms with Crippen LogP contribution in [0.2, 0.25) is 5.02 Å². The van der Waals surface area contributed by atoms with E-state index in [1.54, 1.807) is 0 Å². The summed E-state index contributed by atoms with van der Waals surface area (Å²) < 4.78 is 80.4. The van der Waals surface area contributed by atoms with E-state index in [2.05, 4.69) is 16.9 Å². The van der Waals surface area contributed by atoms with Crippen LogP contribution in [-0.4, -0.2) is 23.7 Å². The molecule has 3 nitrogen and oxygen atoms in total. The average Bonchev–Trinajstić information content (AvgIpc) is 2.43. The molecular weight excluding hydrogens is 360 g/mol. The van der Waals surface area contributed by atoms with Crippen molar-refractivity contribution in [1.82, 2.24) is 5.32 Å². The molecule has 0 aliphatic carbocycles. The molecule has 10 heteroatoms. The number of nitrogens with one attached hydrogen (secondary N) is 1. The van der Waals surface area contributed by atoms with Crippen LogP contribution in [0.3, 0.4) is 0 Å². The Labute approximate surface area is 137 Å². The molecule has 0 fully saturated rings. The molecule has 0 spiro atoms. The predicted molar refractivity (Wildman–Crippen MR) is 74.2 cm³/mol. The Morgan fingerprint density at radius 3 is 2.25 bits per heavy atom. The highest BCUT2D eigenvalue weighted by Crippen LogP contribution is 2.53. The zero-order valence-electron chi connectivity index (χ0n) is 11.6. The zero-order valence-corrected chi connectivity index (χ0v) is 12.4. The second kappa shape index (κ2) is 5.70. The highest BCUT2D eigenvalue weighted by molar-refractivity contribution is 6.31. The molecule has 1 aromatic rings. The molecule has 0 aromatic heterocycles. The minimum absolute atomic E-state index is 0.0923. The molecule has 1 heterocycles. The highest BCUT2D eigenvalue weighted by atomic mass is 35.5. The van der Waals surface area contributed by atoms with Crippen LogP contribution in [-0.2, 0) is 0 Å². The van der Waals surface area contributed by atoms with E-state index >= 15 is 0 Å². The SMILES string of the molecule is C=C1NC(c2cccc(Cl)c2)=NC(C(F)(F)F)(C(F)(F)F)[C@@H]1C#N. The van der Waals surface area contributed by atoms with E-state index in [0.717, 1.165) is 12.1 Å². The van der Waals surface area contributed by atoms with Gasteiger partial charge in [0.2, 0.25) is 0 Å². The van der Waals surface area contributed by atoms with Gasteiger partial charge in [0.1, 0.15) is 11.8 Å². The third-order valence-corrected chi connectivity index (χ3v) is 3.66. The topological polar surface area (TPSA) is 48.2 Å². The van der Waals surface area contributed by atoms with Crippen molar-refractivity contribution in [3.63, 3.8) is 0 Å². The number of nitriles is 1. The first-order chi connectivity index (χ1) is 10.9. The van der Waals surface area contributed by atoms with Gasteiger partial charge in [0.05, 0.1) is 6.07 Å². The largest absolute Gasteiger partial charge is 0.424 e. The van der Waals surface area contributed by atoms with E-state index < -0.39 is 35.3 Å². The van der Waals surface area contributed by atoms with Gasteiger partial charge >= 0.3 is 12.4 Å². The van der Waals surface area contributed by atoms with Crippen molar-refractivity contribution in [3.8, 4) is 6.07 Å². The summed E-state index contributed by atoms with van der Waals surface area (Å²) in [6.45, 7) is 3.14. The van der Waals surface area contributed by atoms with Crippen molar-refractivity contribution >= 4 is 17.4 Å². The molecule has 1 aliphatic rings. The summed E-state index contributed by atoms with van der Waals surface area (Å²) in [5.41, 5.74) is -5.47. The summed E-state index contributed by atoms with van der Waals surface area (Å²) in [7, 11) is 0. The Kier molecular flexibility index (Phi) is 4.31. The van der Waals surface area contributed by atoms with Gasteiger partial charge in [-0.2, -0.15) is 31.6 Å². The maximum Gasteiger partial charge on any atom is 0.424 e. The molecule has 0 bridgehead atoms. The van der Waals surface area contributed by atoms with Gasteiger partial charge in [-0.15, -0.1) is 0 Å². The summed E-state index contributed by atoms with van der Waals surface area (Å²) in [4.78, 5) is 2.88. The number of aliphatic imine (C=N–C) groups is 1. The predicted octanol–water partition coefficient (Wildman–Crippen LogP) is 4.21. The summed E-state index contributed by atoms with van der Waals surface area (Å²) in [5, 5.41) is 11.2. The Hall–Kier alpha value is -2.21. The maximum atomic E-state index is 13.4. The van der Waals surface area contributed by atoms with Crippen molar-refractivity contribution in [3.05, 3.63) is 47.1 Å². The molecule has 0 saturated heterocycles. The van der Waals surface area contributed by atoms with Gasteiger partial charge in [0.15, 0.2) is 0 Å². The van der Waals surface area contributed by atoms with Gasteiger partial charge in [-0.1, -0.05) is 30.3 Å². The molecule has 0 radical (unpaired) electrons. The van der Waals surface area contributed by atoms with Gasteiger partial charge in [-0.05, 0) is 12.1 Å². The van der Waals surface area contributed by atoms with Crippen molar-refractivity contribution in [2.45, 2.75) is 17.9 Å². The molecule has 1 aliphatic heterocycles. The molecule has 0 amide bonds. The number of hydrogen-bond donors (Lipinski definition) is 1. The first-order valence-corrected chi connectivity index (χ1v) is 6.66. The smallest absolute Gasteiger partial charge is 0.343 e. The lowest BCUT2D eigenvalue weighted by Gasteiger charge is -2.41. The first kappa shape index (κ1) is 18.1. The van der Waals surface area contributed by atoms with Gasteiger partial charge in [0.25, 0.3) is 5.54 Å². The number of halogens is 7. The van der Waals surface area contributed by atoms with Gasteiger partial charge < -0.3 is 5.32 Å². The lowest BCUT2D eigenvalue weighted by molar-refractivity contribution is -0.303. The monoisotopic (exact) mass is 367 g/mol. The third-order valence-electron chi connectivity index (χ3n) is 3.42. The fourth-order valence-corrected chi connectivity index (χ4v) is 2.49. The fourth-order valence-electron chi connectivity index (χ4n) is 2.30. The van der Waals surface area contributed by atoms with E-state index in [9.17, 15) is 26.3 Å². The van der Waals surface area contributed by atoms with E-state index in [4.69, 9.17) is 16.9 Å². The van der Waals surface area contributed by atoms with Crippen LogP contribution in [0.4, 0.5) is 26.3 Å². The lowest BCUT2D eigenvalue weighted by Crippen LogP contribution is -2.64. The van der Waals surface area contributed by atoms with Gasteiger partial charge in [-0.3, -0.25) is 0 Å². The van der Waals surface area contributed by atoms with E-state index in [1.165, 1.54) is 18.2 Å². The molecule has 24 heavy (non-hydrogen) atoms. The number of alkyl halides is 6. The molecular formula is C14H8ClF6N3. The van der Waals surface area contributed by atoms with Gasteiger partial charge in [0, 0.05) is 16.3 Å². The molecule has 128 valence electrons. The minimum Gasteiger partial charge on any atom is -0.343 e. The number of nitrogens with zero attached hydrogens (tertiary/aromatic N) is 2. The molecule has 0 unspecified atom stereocenters. The van der Waals surface area contributed by atoms with Crippen LogP contribution in [0.15, 0.2) is 41.5 Å². The van der Waals surface area contributed by atoms with Crippen LogP contribution >= 0.6 is 11.6 Å². The fraction of sp³-hybridized carbons (Fsp3) is 0.286.